The first-order chi connectivity index (χ1) is 10.7. The summed E-state index contributed by atoms with van der Waals surface area (Å²) >= 11 is 3.42. The topological polar surface area (TPSA) is 46.9 Å². The zero-order valence-corrected chi connectivity index (χ0v) is 13.3. The van der Waals surface area contributed by atoms with Gasteiger partial charge in [-0.3, -0.25) is 4.79 Å². The van der Waals surface area contributed by atoms with Gasteiger partial charge in [0.1, 0.15) is 5.82 Å². The van der Waals surface area contributed by atoms with E-state index in [1.54, 1.807) is 29.1 Å². The van der Waals surface area contributed by atoms with E-state index in [0.717, 1.165) is 10.0 Å². The predicted octanol–water partition coefficient (Wildman–Crippen LogP) is 3.95. The minimum atomic E-state index is -0.141. The van der Waals surface area contributed by atoms with Crippen molar-refractivity contribution in [3.8, 4) is 0 Å². The number of rotatable bonds is 4. The number of carbonyl (C=O) groups is 1. The van der Waals surface area contributed by atoms with Crippen LogP contribution in [0.1, 0.15) is 15.9 Å². The molecule has 5 heteroatoms. The van der Waals surface area contributed by atoms with Crippen LogP contribution in [0.25, 0.3) is 0 Å². The molecule has 0 aliphatic carbocycles. The summed E-state index contributed by atoms with van der Waals surface area (Å²) in [4.78, 5) is 12.2. The van der Waals surface area contributed by atoms with E-state index in [0.29, 0.717) is 17.9 Å². The molecule has 1 aromatic heterocycles. The molecule has 3 aromatic rings. The van der Waals surface area contributed by atoms with Gasteiger partial charge in [0.2, 0.25) is 0 Å². The highest BCUT2D eigenvalue weighted by molar-refractivity contribution is 9.10. The molecule has 0 unspecified atom stereocenters. The van der Waals surface area contributed by atoms with E-state index >= 15 is 0 Å². The third-order valence-corrected chi connectivity index (χ3v) is 3.77. The van der Waals surface area contributed by atoms with E-state index in [4.69, 9.17) is 0 Å². The van der Waals surface area contributed by atoms with Gasteiger partial charge in [-0.05, 0) is 29.8 Å². The Morgan fingerprint density at radius 3 is 2.50 bits per heavy atom. The average Bonchev–Trinajstić information content (AvgIpc) is 2.97. The van der Waals surface area contributed by atoms with Gasteiger partial charge in [-0.2, -0.15) is 5.10 Å². The molecule has 1 amide bonds. The van der Waals surface area contributed by atoms with Crippen LogP contribution in [0.2, 0.25) is 0 Å². The molecular formula is C17H14BrN3O. The fourth-order valence-electron chi connectivity index (χ4n) is 2.11. The van der Waals surface area contributed by atoms with Crippen molar-refractivity contribution in [3.05, 3.63) is 82.5 Å². The zero-order chi connectivity index (χ0) is 15.4. The van der Waals surface area contributed by atoms with Crippen molar-refractivity contribution in [2.75, 3.05) is 5.32 Å². The first kappa shape index (κ1) is 14.5. The Bertz CT molecular complexity index is 766. The minimum Gasteiger partial charge on any atom is -0.307 e. The van der Waals surface area contributed by atoms with Gasteiger partial charge < -0.3 is 5.32 Å². The lowest BCUT2D eigenvalue weighted by molar-refractivity contribution is 0.102. The van der Waals surface area contributed by atoms with Crippen LogP contribution in [0.3, 0.4) is 0 Å². The Kier molecular flexibility index (Phi) is 4.34. The molecule has 4 nitrogen and oxygen atoms in total. The van der Waals surface area contributed by atoms with Gasteiger partial charge in [0, 0.05) is 16.1 Å². The van der Waals surface area contributed by atoms with E-state index in [9.17, 15) is 4.79 Å². The normalized spacial score (nSPS) is 10.4. The molecule has 0 aliphatic heterocycles. The molecule has 1 N–H and O–H groups in total. The van der Waals surface area contributed by atoms with Crippen LogP contribution < -0.4 is 5.32 Å². The zero-order valence-electron chi connectivity index (χ0n) is 11.7. The van der Waals surface area contributed by atoms with E-state index in [1.807, 2.05) is 42.5 Å². The molecule has 0 saturated carbocycles. The van der Waals surface area contributed by atoms with Crippen molar-refractivity contribution in [3.63, 3.8) is 0 Å². The standard InChI is InChI=1S/C17H14BrN3O/c18-15-8-6-13(7-9-15)12-21-16(10-11-19-21)20-17(22)14-4-2-1-3-5-14/h1-11H,12H2,(H,20,22). The van der Waals surface area contributed by atoms with Crippen molar-refractivity contribution < 1.29 is 4.79 Å². The summed E-state index contributed by atoms with van der Waals surface area (Å²) in [7, 11) is 0. The molecule has 0 atom stereocenters. The monoisotopic (exact) mass is 355 g/mol. The Morgan fingerprint density at radius 2 is 1.77 bits per heavy atom. The fraction of sp³-hybridized carbons (Fsp3) is 0.0588. The largest absolute Gasteiger partial charge is 0.307 e. The maximum Gasteiger partial charge on any atom is 0.256 e. The third-order valence-electron chi connectivity index (χ3n) is 3.24. The van der Waals surface area contributed by atoms with Crippen LogP contribution in [0, 0.1) is 0 Å². The smallest absolute Gasteiger partial charge is 0.256 e. The molecule has 2 aromatic carbocycles. The molecule has 3 rings (SSSR count). The van der Waals surface area contributed by atoms with Gasteiger partial charge in [-0.25, -0.2) is 4.68 Å². The second-order valence-corrected chi connectivity index (χ2v) is 5.74. The number of hydrogen-bond donors (Lipinski definition) is 1. The summed E-state index contributed by atoms with van der Waals surface area (Å²) in [6.07, 6.45) is 1.68. The van der Waals surface area contributed by atoms with Crippen molar-refractivity contribution in [1.82, 2.24) is 9.78 Å². The highest BCUT2D eigenvalue weighted by Crippen LogP contribution is 2.14. The van der Waals surface area contributed by atoms with Crippen LogP contribution in [0.15, 0.2) is 71.3 Å². The van der Waals surface area contributed by atoms with Crippen LogP contribution in [0.5, 0.6) is 0 Å². The maximum absolute atomic E-state index is 12.2. The fourth-order valence-corrected chi connectivity index (χ4v) is 2.37. The molecule has 0 aliphatic rings. The highest BCUT2D eigenvalue weighted by Gasteiger charge is 2.09. The minimum absolute atomic E-state index is 0.141. The number of carbonyl (C=O) groups excluding carboxylic acids is 1. The van der Waals surface area contributed by atoms with Crippen LogP contribution in [-0.2, 0) is 6.54 Å². The molecular weight excluding hydrogens is 342 g/mol. The molecule has 0 fully saturated rings. The van der Waals surface area contributed by atoms with Gasteiger partial charge >= 0.3 is 0 Å². The van der Waals surface area contributed by atoms with Crippen LogP contribution in [0.4, 0.5) is 5.82 Å². The van der Waals surface area contributed by atoms with Crippen LogP contribution in [-0.4, -0.2) is 15.7 Å². The number of nitrogens with zero attached hydrogens (tertiary/aromatic N) is 2. The Hall–Kier alpha value is -2.40. The number of aromatic nitrogens is 2. The van der Waals surface area contributed by atoms with E-state index in [-0.39, 0.29) is 5.91 Å². The third kappa shape index (κ3) is 3.43. The average molecular weight is 356 g/mol. The van der Waals surface area contributed by atoms with Crippen molar-refractivity contribution in [2.45, 2.75) is 6.54 Å². The summed E-state index contributed by atoms with van der Waals surface area (Å²) in [5, 5.41) is 7.16. The number of amides is 1. The van der Waals surface area contributed by atoms with Crippen molar-refractivity contribution in [2.24, 2.45) is 0 Å². The maximum atomic E-state index is 12.2. The van der Waals surface area contributed by atoms with Gasteiger partial charge in [0.25, 0.3) is 5.91 Å². The number of hydrogen-bond acceptors (Lipinski definition) is 2. The van der Waals surface area contributed by atoms with E-state index in [1.165, 1.54) is 0 Å². The van der Waals surface area contributed by atoms with Gasteiger partial charge in [-0.15, -0.1) is 0 Å². The second-order valence-electron chi connectivity index (χ2n) is 4.82. The molecule has 0 spiro atoms. The lowest BCUT2D eigenvalue weighted by atomic mass is 10.2. The number of benzene rings is 2. The Balaban J connectivity index is 1.75. The first-order valence-corrected chi connectivity index (χ1v) is 7.64. The quantitative estimate of drug-likeness (QED) is 0.770. The molecule has 1 heterocycles. The summed E-state index contributed by atoms with van der Waals surface area (Å²) in [5.41, 5.74) is 1.74. The molecule has 0 bridgehead atoms. The molecule has 0 saturated heterocycles. The SMILES string of the molecule is O=C(Nc1ccnn1Cc1ccc(Br)cc1)c1ccccc1. The summed E-state index contributed by atoms with van der Waals surface area (Å²) < 4.78 is 2.80. The van der Waals surface area contributed by atoms with Gasteiger partial charge in [0.15, 0.2) is 0 Å². The van der Waals surface area contributed by atoms with Gasteiger partial charge in [0.05, 0.1) is 12.7 Å². The Morgan fingerprint density at radius 1 is 1.05 bits per heavy atom. The second kappa shape index (κ2) is 6.58. The van der Waals surface area contributed by atoms with E-state index < -0.39 is 0 Å². The Labute approximate surface area is 136 Å². The number of anilines is 1. The van der Waals surface area contributed by atoms with Crippen molar-refractivity contribution >= 4 is 27.7 Å². The first-order valence-electron chi connectivity index (χ1n) is 6.85. The summed E-state index contributed by atoms with van der Waals surface area (Å²) in [6.45, 7) is 0.602. The molecule has 0 radical (unpaired) electrons. The van der Waals surface area contributed by atoms with Crippen LogP contribution >= 0.6 is 15.9 Å². The van der Waals surface area contributed by atoms with Gasteiger partial charge in [-0.1, -0.05) is 46.3 Å². The molecule has 110 valence electrons. The summed E-state index contributed by atoms with van der Waals surface area (Å²) in [5.74, 6) is 0.537. The predicted molar refractivity (Wildman–Crippen MR) is 89.9 cm³/mol. The number of halogens is 1. The lowest BCUT2D eigenvalue weighted by Gasteiger charge is -2.09. The summed E-state index contributed by atoms with van der Waals surface area (Å²) in [6, 6.07) is 18.9. The lowest BCUT2D eigenvalue weighted by Crippen LogP contribution is -2.16. The highest BCUT2D eigenvalue weighted by atomic mass is 79.9. The van der Waals surface area contributed by atoms with E-state index in [2.05, 4.69) is 26.3 Å². The number of nitrogens with one attached hydrogen (secondary N) is 1. The molecule has 22 heavy (non-hydrogen) atoms. The van der Waals surface area contributed by atoms with Crippen molar-refractivity contribution in [1.29, 1.82) is 0 Å².